The van der Waals surface area contributed by atoms with E-state index in [1.165, 1.54) is 6.07 Å². The molecule has 0 aliphatic carbocycles. The van der Waals surface area contributed by atoms with E-state index in [-0.39, 0.29) is 11.9 Å². The van der Waals surface area contributed by atoms with Crippen LogP contribution in [0.5, 0.6) is 5.75 Å². The van der Waals surface area contributed by atoms with Gasteiger partial charge >= 0.3 is 0 Å². The number of hydrogen-bond acceptors (Lipinski definition) is 3. The molecule has 0 bridgehead atoms. The fourth-order valence-electron chi connectivity index (χ4n) is 1.41. The molecule has 1 aromatic rings. The standard InChI is InChI=1S/C12H18FNO2/c1-8(2)16-7-9-5-10(3-4-14)12(15)11(13)6-9/h5-6,8,15H,3-4,7,14H2,1-2H3. The van der Waals surface area contributed by atoms with Crippen molar-refractivity contribution in [3.8, 4) is 5.75 Å². The van der Waals surface area contributed by atoms with Crippen LogP contribution in [-0.4, -0.2) is 17.8 Å². The Morgan fingerprint density at radius 1 is 1.44 bits per heavy atom. The van der Waals surface area contributed by atoms with Gasteiger partial charge in [-0.2, -0.15) is 0 Å². The van der Waals surface area contributed by atoms with Gasteiger partial charge in [-0.3, -0.25) is 0 Å². The fraction of sp³-hybridized carbons (Fsp3) is 0.500. The van der Waals surface area contributed by atoms with Gasteiger partial charge < -0.3 is 15.6 Å². The minimum absolute atomic E-state index is 0.0924. The normalized spacial score (nSPS) is 11.1. The van der Waals surface area contributed by atoms with Crippen molar-refractivity contribution in [1.82, 2.24) is 0 Å². The molecule has 0 aliphatic heterocycles. The van der Waals surface area contributed by atoms with Gasteiger partial charge in [-0.15, -0.1) is 0 Å². The summed E-state index contributed by atoms with van der Waals surface area (Å²) in [6, 6.07) is 3.02. The zero-order chi connectivity index (χ0) is 12.1. The molecule has 0 saturated heterocycles. The number of halogens is 1. The predicted molar refractivity (Wildman–Crippen MR) is 60.7 cm³/mol. The van der Waals surface area contributed by atoms with Gasteiger partial charge in [0.15, 0.2) is 11.6 Å². The molecule has 1 aromatic carbocycles. The van der Waals surface area contributed by atoms with E-state index in [9.17, 15) is 9.50 Å². The molecule has 90 valence electrons. The third-order valence-electron chi connectivity index (χ3n) is 2.20. The van der Waals surface area contributed by atoms with Crippen LogP contribution in [0.25, 0.3) is 0 Å². The van der Waals surface area contributed by atoms with E-state index in [4.69, 9.17) is 10.5 Å². The van der Waals surface area contributed by atoms with Crippen molar-refractivity contribution in [1.29, 1.82) is 0 Å². The van der Waals surface area contributed by atoms with Crippen LogP contribution >= 0.6 is 0 Å². The van der Waals surface area contributed by atoms with Gasteiger partial charge in [0.1, 0.15) is 0 Å². The van der Waals surface area contributed by atoms with Crippen molar-refractivity contribution in [2.45, 2.75) is 33.0 Å². The average Bonchev–Trinajstić information content (AvgIpc) is 2.22. The van der Waals surface area contributed by atoms with Gasteiger partial charge in [-0.1, -0.05) is 0 Å². The summed E-state index contributed by atoms with van der Waals surface area (Å²) >= 11 is 0. The number of benzene rings is 1. The lowest BCUT2D eigenvalue weighted by atomic mass is 10.1. The number of aromatic hydroxyl groups is 1. The molecule has 0 amide bonds. The Balaban J connectivity index is 2.86. The number of nitrogens with two attached hydrogens (primary N) is 1. The van der Waals surface area contributed by atoms with Crippen molar-refractivity contribution in [2.24, 2.45) is 5.73 Å². The van der Waals surface area contributed by atoms with Gasteiger partial charge in [0, 0.05) is 0 Å². The molecule has 0 atom stereocenters. The minimum Gasteiger partial charge on any atom is -0.505 e. The first-order chi connectivity index (χ1) is 7.54. The second-order valence-electron chi connectivity index (χ2n) is 3.98. The summed E-state index contributed by atoms with van der Waals surface area (Å²) in [4.78, 5) is 0. The molecule has 3 N–H and O–H groups in total. The van der Waals surface area contributed by atoms with E-state index in [0.29, 0.717) is 30.7 Å². The van der Waals surface area contributed by atoms with Gasteiger partial charge in [0.25, 0.3) is 0 Å². The van der Waals surface area contributed by atoms with E-state index >= 15 is 0 Å². The fourth-order valence-corrected chi connectivity index (χ4v) is 1.41. The molecule has 0 heterocycles. The zero-order valence-electron chi connectivity index (χ0n) is 9.66. The summed E-state index contributed by atoms with van der Waals surface area (Å²) in [6.07, 6.45) is 0.549. The molecule has 0 saturated carbocycles. The minimum atomic E-state index is -0.617. The lowest BCUT2D eigenvalue weighted by Gasteiger charge is -2.10. The lowest BCUT2D eigenvalue weighted by Crippen LogP contribution is -2.06. The van der Waals surface area contributed by atoms with Gasteiger partial charge in [0.05, 0.1) is 12.7 Å². The lowest BCUT2D eigenvalue weighted by molar-refractivity contribution is 0.0655. The Labute approximate surface area is 95.0 Å². The van der Waals surface area contributed by atoms with Crippen molar-refractivity contribution in [3.63, 3.8) is 0 Å². The second-order valence-corrected chi connectivity index (χ2v) is 3.98. The van der Waals surface area contributed by atoms with Crippen molar-refractivity contribution in [3.05, 3.63) is 29.1 Å². The Hall–Kier alpha value is -1.13. The number of ether oxygens (including phenoxy) is 1. The van der Waals surface area contributed by atoms with E-state index in [2.05, 4.69) is 0 Å². The highest BCUT2D eigenvalue weighted by atomic mass is 19.1. The topological polar surface area (TPSA) is 55.5 Å². The van der Waals surface area contributed by atoms with Crippen molar-refractivity contribution in [2.75, 3.05) is 6.54 Å². The Morgan fingerprint density at radius 2 is 2.12 bits per heavy atom. The molecule has 0 aromatic heterocycles. The Kier molecular flexibility index (Phi) is 4.71. The van der Waals surface area contributed by atoms with E-state index < -0.39 is 5.82 Å². The number of phenols is 1. The molecular formula is C12H18FNO2. The molecule has 4 heteroatoms. The van der Waals surface area contributed by atoms with Crippen LogP contribution in [0.1, 0.15) is 25.0 Å². The van der Waals surface area contributed by atoms with Gasteiger partial charge in [-0.05, 0) is 50.1 Å². The van der Waals surface area contributed by atoms with Crippen LogP contribution in [0.2, 0.25) is 0 Å². The van der Waals surface area contributed by atoms with Crippen molar-refractivity contribution >= 4 is 0 Å². The molecule has 0 aliphatic rings. The first-order valence-corrected chi connectivity index (χ1v) is 5.36. The number of hydrogen-bond donors (Lipinski definition) is 2. The summed E-state index contributed by atoms with van der Waals surface area (Å²) in [7, 11) is 0. The number of rotatable bonds is 5. The maximum absolute atomic E-state index is 13.3. The van der Waals surface area contributed by atoms with E-state index in [1.54, 1.807) is 6.07 Å². The van der Waals surface area contributed by atoms with E-state index in [1.807, 2.05) is 13.8 Å². The van der Waals surface area contributed by atoms with Gasteiger partial charge in [-0.25, -0.2) is 4.39 Å². The number of phenolic OH excluding ortho intramolecular Hbond substituents is 1. The molecule has 0 fully saturated rings. The molecule has 0 unspecified atom stereocenters. The smallest absolute Gasteiger partial charge is 0.165 e. The highest BCUT2D eigenvalue weighted by molar-refractivity contribution is 5.37. The third-order valence-corrected chi connectivity index (χ3v) is 2.20. The third kappa shape index (κ3) is 3.47. The first kappa shape index (κ1) is 12.9. The van der Waals surface area contributed by atoms with Crippen LogP contribution in [-0.2, 0) is 17.8 Å². The average molecular weight is 227 g/mol. The monoisotopic (exact) mass is 227 g/mol. The van der Waals surface area contributed by atoms with Crippen LogP contribution in [0.3, 0.4) is 0 Å². The summed E-state index contributed by atoms with van der Waals surface area (Å²) in [5.41, 5.74) is 6.63. The van der Waals surface area contributed by atoms with E-state index in [0.717, 1.165) is 0 Å². The second kappa shape index (κ2) is 5.82. The summed E-state index contributed by atoms with van der Waals surface area (Å²) < 4.78 is 18.7. The zero-order valence-corrected chi connectivity index (χ0v) is 9.66. The first-order valence-electron chi connectivity index (χ1n) is 5.36. The molecule has 0 spiro atoms. The quantitative estimate of drug-likeness (QED) is 0.808. The molecular weight excluding hydrogens is 209 g/mol. The molecule has 16 heavy (non-hydrogen) atoms. The largest absolute Gasteiger partial charge is 0.505 e. The van der Waals surface area contributed by atoms with Crippen LogP contribution in [0.4, 0.5) is 4.39 Å². The summed E-state index contributed by atoms with van der Waals surface area (Å²) in [5.74, 6) is -0.924. The van der Waals surface area contributed by atoms with Crippen LogP contribution < -0.4 is 5.73 Å². The SMILES string of the molecule is CC(C)OCc1cc(F)c(O)c(CCN)c1. The molecule has 1 rings (SSSR count). The molecule has 3 nitrogen and oxygen atoms in total. The maximum Gasteiger partial charge on any atom is 0.165 e. The summed E-state index contributed by atoms with van der Waals surface area (Å²) in [5, 5.41) is 9.46. The van der Waals surface area contributed by atoms with Crippen LogP contribution in [0.15, 0.2) is 12.1 Å². The van der Waals surface area contributed by atoms with Crippen LogP contribution in [0, 0.1) is 5.82 Å². The highest BCUT2D eigenvalue weighted by Crippen LogP contribution is 2.24. The maximum atomic E-state index is 13.3. The highest BCUT2D eigenvalue weighted by Gasteiger charge is 2.09. The van der Waals surface area contributed by atoms with Crippen molar-refractivity contribution < 1.29 is 14.2 Å². The predicted octanol–water partition coefficient (Wildman–Crippen LogP) is 1.96. The Morgan fingerprint density at radius 3 is 2.69 bits per heavy atom. The Bertz CT molecular complexity index is 353. The summed E-state index contributed by atoms with van der Waals surface area (Å²) in [6.45, 7) is 4.54. The van der Waals surface area contributed by atoms with Gasteiger partial charge in [0.2, 0.25) is 0 Å². The molecule has 0 radical (unpaired) electrons.